The summed E-state index contributed by atoms with van der Waals surface area (Å²) in [5.74, 6) is -1.93. The summed E-state index contributed by atoms with van der Waals surface area (Å²) in [5.41, 5.74) is -0.455. The second-order valence-electron chi connectivity index (χ2n) is 3.97. The maximum Gasteiger partial charge on any atom is 0.455 e. The smallest absolute Gasteiger partial charge is 0.455 e. The lowest BCUT2D eigenvalue weighted by atomic mass is 10.1. The Bertz CT molecular complexity index is 422. The molecule has 0 unspecified atom stereocenters. The standard InChI is InChI=1S/C12H14F3NO2.HI/c1-16(2)7-8-18-10-6-4-3-5-9(10)11(17)12(13,14)15;/h3-6H,7-8H2,1-2H3;1H. The van der Waals surface area contributed by atoms with E-state index in [9.17, 15) is 18.0 Å². The van der Waals surface area contributed by atoms with Crippen LogP contribution in [0.3, 0.4) is 0 Å². The first-order valence-electron chi connectivity index (χ1n) is 5.30. The van der Waals surface area contributed by atoms with Crippen molar-refractivity contribution >= 4 is 29.8 Å². The third-order valence-corrected chi connectivity index (χ3v) is 2.19. The predicted octanol–water partition coefficient (Wildman–Crippen LogP) is 2.99. The van der Waals surface area contributed by atoms with Crippen LogP contribution in [0.1, 0.15) is 10.4 Å². The fourth-order valence-corrected chi connectivity index (χ4v) is 1.27. The van der Waals surface area contributed by atoms with Crippen LogP contribution in [0.5, 0.6) is 5.75 Å². The summed E-state index contributed by atoms with van der Waals surface area (Å²) < 4.78 is 42.3. The highest BCUT2D eigenvalue weighted by Crippen LogP contribution is 2.27. The van der Waals surface area contributed by atoms with Gasteiger partial charge in [0.15, 0.2) is 0 Å². The van der Waals surface area contributed by atoms with E-state index >= 15 is 0 Å². The van der Waals surface area contributed by atoms with E-state index in [4.69, 9.17) is 4.74 Å². The summed E-state index contributed by atoms with van der Waals surface area (Å²) in [7, 11) is 3.63. The molecule has 108 valence electrons. The number of alkyl halides is 3. The number of ether oxygens (including phenoxy) is 1. The maximum absolute atomic E-state index is 12.4. The Labute approximate surface area is 126 Å². The van der Waals surface area contributed by atoms with E-state index in [1.165, 1.54) is 18.2 Å². The van der Waals surface area contributed by atoms with Crippen LogP contribution in [0, 0.1) is 0 Å². The molecule has 19 heavy (non-hydrogen) atoms. The molecule has 0 bridgehead atoms. The number of hydrogen-bond acceptors (Lipinski definition) is 3. The lowest BCUT2D eigenvalue weighted by Gasteiger charge is -2.14. The van der Waals surface area contributed by atoms with E-state index in [1.54, 1.807) is 0 Å². The van der Waals surface area contributed by atoms with E-state index in [0.717, 1.165) is 6.07 Å². The minimum Gasteiger partial charge on any atom is -0.491 e. The van der Waals surface area contributed by atoms with Crippen LogP contribution in [0.2, 0.25) is 0 Å². The number of para-hydroxylation sites is 1. The largest absolute Gasteiger partial charge is 0.491 e. The van der Waals surface area contributed by atoms with Gasteiger partial charge in [-0.25, -0.2) is 0 Å². The van der Waals surface area contributed by atoms with Gasteiger partial charge in [0.1, 0.15) is 12.4 Å². The van der Waals surface area contributed by atoms with Gasteiger partial charge in [0.25, 0.3) is 5.78 Å². The lowest BCUT2D eigenvalue weighted by molar-refractivity contribution is -0.0886. The monoisotopic (exact) mass is 389 g/mol. The molecule has 0 spiro atoms. The van der Waals surface area contributed by atoms with Crippen molar-refractivity contribution in [1.82, 2.24) is 4.90 Å². The van der Waals surface area contributed by atoms with Gasteiger partial charge in [0, 0.05) is 6.54 Å². The van der Waals surface area contributed by atoms with E-state index in [0.29, 0.717) is 6.54 Å². The Balaban J connectivity index is 0.00000324. The minimum atomic E-state index is -4.89. The molecule has 0 heterocycles. The van der Waals surface area contributed by atoms with Gasteiger partial charge in [-0.05, 0) is 26.2 Å². The van der Waals surface area contributed by atoms with Crippen molar-refractivity contribution in [2.24, 2.45) is 0 Å². The second-order valence-corrected chi connectivity index (χ2v) is 3.97. The van der Waals surface area contributed by atoms with Crippen molar-refractivity contribution in [2.75, 3.05) is 27.2 Å². The quantitative estimate of drug-likeness (QED) is 0.573. The first-order valence-corrected chi connectivity index (χ1v) is 5.30. The highest BCUT2D eigenvalue weighted by Gasteiger charge is 2.40. The third-order valence-electron chi connectivity index (χ3n) is 2.19. The SMILES string of the molecule is CN(C)CCOc1ccccc1C(=O)C(F)(F)F.I. The van der Waals surface area contributed by atoms with E-state index in [2.05, 4.69) is 0 Å². The fourth-order valence-electron chi connectivity index (χ4n) is 1.27. The minimum absolute atomic E-state index is 0. The first-order chi connectivity index (χ1) is 8.32. The van der Waals surface area contributed by atoms with Crippen LogP contribution in [-0.2, 0) is 0 Å². The number of likely N-dealkylation sites (N-methyl/N-ethyl adjacent to an activating group) is 1. The number of carbonyl (C=O) groups excluding carboxylic acids is 1. The number of nitrogens with zero attached hydrogens (tertiary/aromatic N) is 1. The molecule has 0 saturated carbocycles. The number of rotatable bonds is 5. The fraction of sp³-hybridized carbons (Fsp3) is 0.417. The second kappa shape index (κ2) is 7.68. The van der Waals surface area contributed by atoms with Crippen LogP contribution in [0.4, 0.5) is 13.2 Å². The Morgan fingerprint density at radius 2 is 1.84 bits per heavy atom. The number of carbonyl (C=O) groups is 1. The van der Waals surface area contributed by atoms with Gasteiger partial charge in [0.05, 0.1) is 5.56 Å². The van der Waals surface area contributed by atoms with Gasteiger partial charge >= 0.3 is 6.18 Å². The molecular formula is C12H15F3INO2. The molecule has 0 aliphatic rings. The van der Waals surface area contributed by atoms with E-state index < -0.39 is 17.5 Å². The molecule has 0 aliphatic heterocycles. The summed E-state index contributed by atoms with van der Waals surface area (Å²) in [6.45, 7) is 0.768. The Hall–Kier alpha value is -0.830. The third kappa shape index (κ3) is 5.77. The normalized spacial score (nSPS) is 11.1. The molecule has 0 aromatic heterocycles. The summed E-state index contributed by atoms with van der Waals surface area (Å²) in [4.78, 5) is 13.0. The van der Waals surface area contributed by atoms with Crippen LogP contribution < -0.4 is 4.74 Å². The number of hydrogen-bond donors (Lipinski definition) is 0. The van der Waals surface area contributed by atoms with Gasteiger partial charge in [-0.3, -0.25) is 4.79 Å². The van der Waals surface area contributed by atoms with Crippen molar-refractivity contribution in [3.05, 3.63) is 29.8 Å². The summed E-state index contributed by atoms with van der Waals surface area (Å²) >= 11 is 0. The van der Waals surface area contributed by atoms with E-state index in [-0.39, 0.29) is 36.3 Å². The number of halogens is 4. The first kappa shape index (κ1) is 18.2. The number of ketones is 1. The van der Waals surface area contributed by atoms with Crippen LogP contribution in [-0.4, -0.2) is 44.1 Å². The van der Waals surface area contributed by atoms with Crippen molar-refractivity contribution in [3.8, 4) is 5.75 Å². The van der Waals surface area contributed by atoms with Gasteiger partial charge in [0.2, 0.25) is 0 Å². The molecule has 0 atom stereocenters. The summed E-state index contributed by atoms with van der Waals surface area (Å²) in [5, 5.41) is 0. The zero-order chi connectivity index (χ0) is 13.8. The van der Waals surface area contributed by atoms with E-state index in [1.807, 2.05) is 19.0 Å². The lowest BCUT2D eigenvalue weighted by Crippen LogP contribution is -2.24. The molecule has 0 aliphatic carbocycles. The summed E-state index contributed by atoms with van der Waals surface area (Å²) in [6, 6.07) is 5.37. The maximum atomic E-state index is 12.4. The molecule has 1 aromatic carbocycles. The zero-order valence-corrected chi connectivity index (χ0v) is 12.9. The average Bonchev–Trinajstić information content (AvgIpc) is 2.27. The van der Waals surface area contributed by atoms with Crippen molar-refractivity contribution < 1.29 is 22.7 Å². The van der Waals surface area contributed by atoms with Crippen molar-refractivity contribution in [1.29, 1.82) is 0 Å². The van der Waals surface area contributed by atoms with Crippen LogP contribution >= 0.6 is 24.0 Å². The molecule has 0 fully saturated rings. The van der Waals surface area contributed by atoms with Crippen LogP contribution in [0.15, 0.2) is 24.3 Å². The Morgan fingerprint density at radius 3 is 2.37 bits per heavy atom. The van der Waals surface area contributed by atoms with Gasteiger partial charge in [-0.15, -0.1) is 24.0 Å². The molecule has 0 N–H and O–H groups in total. The average molecular weight is 389 g/mol. The van der Waals surface area contributed by atoms with Gasteiger partial charge in [-0.1, -0.05) is 12.1 Å². The topological polar surface area (TPSA) is 29.5 Å². The van der Waals surface area contributed by atoms with Gasteiger partial charge < -0.3 is 9.64 Å². The molecule has 0 saturated heterocycles. The van der Waals surface area contributed by atoms with Crippen LogP contribution in [0.25, 0.3) is 0 Å². The molecule has 3 nitrogen and oxygen atoms in total. The predicted molar refractivity (Wildman–Crippen MR) is 76.3 cm³/mol. The van der Waals surface area contributed by atoms with Gasteiger partial charge in [-0.2, -0.15) is 13.2 Å². The molecular weight excluding hydrogens is 374 g/mol. The highest BCUT2D eigenvalue weighted by atomic mass is 127. The van der Waals surface area contributed by atoms with Crippen molar-refractivity contribution in [3.63, 3.8) is 0 Å². The molecule has 0 radical (unpaired) electrons. The van der Waals surface area contributed by atoms with Crippen molar-refractivity contribution in [2.45, 2.75) is 6.18 Å². The molecule has 1 aromatic rings. The molecule has 7 heteroatoms. The zero-order valence-electron chi connectivity index (χ0n) is 10.5. The summed E-state index contributed by atoms with van der Waals surface area (Å²) in [6.07, 6.45) is -4.89. The Morgan fingerprint density at radius 1 is 1.26 bits per heavy atom. The number of benzene rings is 1. The number of Topliss-reactive ketones (excluding diaryl/α,β-unsaturated/α-hetero) is 1. The highest BCUT2D eigenvalue weighted by molar-refractivity contribution is 14.0. The Kier molecular flexibility index (Phi) is 7.35. The molecule has 1 rings (SSSR count). The molecule has 0 amide bonds.